The molecule has 0 spiro atoms. The van der Waals surface area contributed by atoms with Gasteiger partial charge in [-0.15, -0.1) is 0 Å². The number of benzene rings is 1. The first-order chi connectivity index (χ1) is 9.56. The Bertz CT molecular complexity index is 488. The van der Waals surface area contributed by atoms with Crippen molar-refractivity contribution in [2.45, 2.75) is 50.7 Å². The molecule has 0 aliphatic carbocycles. The molecule has 1 fully saturated rings. The molecule has 3 nitrogen and oxygen atoms in total. The lowest BCUT2D eigenvalue weighted by atomic mass is 9.82. The number of rotatable bonds is 3. The van der Waals surface area contributed by atoms with Crippen molar-refractivity contribution < 1.29 is 9.84 Å². The molecule has 1 aromatic carbocycles. The van der Waals surface area contributed by atoms with Gasteiger partial charge < -0.3 is 14.7 Å². The van der Waals surface area contributed by atoms with Crippen LogP contribution in [0.5, 0.6) is 5.75 Å². The lowest BCUT2D eigenvalue weighted by molar-refractivity contribution is -0.0415. The normalized spacial score (nSPS) is 30.1. The Morgan fingerprint density at radius 3 is 3.10 bits per heavy atom. The molecule has 0 saturated carbocycles. The predicted octanol–water partition coefficient (Wildman–Crippen LogP) is 2.40. The number of piperidine rings is 1. The van der Waals surface area contributed by atoms with E-state index in [9.17, 15) is 5.11 Å². The van der Waals surface area contributed by atoms with Crippen molar-refractivity contribution in [2.24, 2.45) is 0 Å². The van der Waals surface area contributed by atoms with E-state index in [1.165, 1.54) is 11.1 Å². The molecule has 2 atom stereocenters. The van der Waals surface area contributed by atoms with Gasteiger partial charge in [-0.25, -0.2) is 0 Å². The van der Waals surface area contributed by atoms with Crippen molar-refractivity contribution in [3.63, 3.8) is 0 Å². The number of likely N-dealkylation sites (tertiary alicyclic amines) is 1. The van der Waals surface area contributed by atoms with Crippen molar-refractivity contribution >= 4 is 0 Å². The van der Waals surface area contributed by atoms with E-state index in [1.54, 1.807) is 0 Å². The van der Waals surface area contributed by atoms with E-state index >= 15 is 0 Å². The van der Waals surface area contributed by atoms with Gasteiger partial charge >= 0.3 is 0 Å². The molecule has 3 rings (SSSR count). The smallest absolute Gasteiger partial charge is 0.122 e. The van der Waals surface area contributed by atoms with Crippen LogP contribution in [0.4, 0.5) is 0 Å². The minimum atomic E-state index is -0.485. The van der Waals surface area contributed by atoms with E-state index in [0.29, 0.717) is 6.04 Å². The largest absolute Gasteiger partial charge is 0.493 e. The average molecular weight is 275 g/mol. The van der Waals surface area contributed by atoms with Gasteiger partial charge in [0.05, 0.1) is 12.2 Å². The molecule has 0 radical (unpaired) electrons. The minimum absolute atomic E-state index is 0.474. The quantitative estimate of drug-likeness (QED) is 0.919. The van der Waals surface area contributed by atoms with Crippen LogP contribution in [-0.4, -0.2) is 41.8 Å². The molecule has 0 aromatic heterocycles. The van der Waals surface area contributed by atoms with Gasteiger partial charge in [0, 0.05) is 19.0 Å². The van der Waals surface area contributed by atoms with Crippen LogP contribution in [-0.2, 0) is 12.8 Å². The van der Waals surface area contributed by atoms with E-state index in [2.05, 4.69) is 37.1 Å². The molecule has 2 heterocycles. The maximum Gasteiger partial charge on any atom is 0.122 e. The third-order valence-electron chi connectivity index (χ3n) is 4.99. The van der Waals surface area contributed by atoms with Crippen LogP contribution in [0, 0.1) is 0 Å². The molecule has 0 bridgehead atoms. The van der Waals surface area contributed by atoms with Crippen LogP contribution in [0.15, 0.2) is 18.2 Å². The zero-order valence-electron chi connectivity index (χ0n) is 12.6. The number of ether oxygens (including phenoxy) is 1. The van der Waals surface area contributed by atoms with Crippen molar-refractivity contribution in [3.05, 3.63) is 29.3 Å². The molecule has 0 amide bonds. The van der Waals surface area contributed by atoms with Crippen molar-refractivity contribution in [1.82, 2.24) is 4.90 Å². The fourth-order valence-electron chi connectivity index (χ4n) is 3.41. The summed E-state index contributed by atoms with van der Waals surface area (Å²) in [6.07, 6.45) is 4.62. The summed E-state index contributed by atoms with van der Waals surface area (Å²) in [6.45, 7) is 4.01. The highest BCUT2D eigenvalue weighted by molar-refractivity contribution is 5.39. The lowest BCUT2D eigenvalue weighted by Crippen LogP contribution is -2.47. The Labute approximate surface area is 121 Å². The Morgan fingerprint density at radius 2 is 2.30 bits per heavy atom. The molecule has 1 aromatic rings. The predicted molar refractivity (Wildman–Crippen MR) is 80.2 cm³/mol. The van der Waals surface area contributed by atoms with E-state index in [4.69, 9.17) is 4.74 Å². The molecule has 2 aliphatic rings. The monoisotopic (exact) mass is 275 g/mol. The topological polar surface area (TPSA) is 32.7 Å². The second kappa shape index (κ2) is 5.38. The molecule has 3 heteroatoms. The fraction of sp³-hybridized carbons (Fsp3) is 0.647. The van der Waals surface area contributed by atoms with Crippen LogP contribution < -0.4 is 4.74 Å². The Morgan fingerprint density at radius 1 is 1.45 bits per heavy atom. The first-order valence-electron chi connectivity index (χ1n) is 7.73. The zero-order valence-corrected chi connectivity index (χ0v) is 12.6. The molecule has 2 unspecified atom stereocenters. The summed E-state index contributed by atoms with van der Waals surface area (Å²) in [5.74, 6) is 1.04. The SMILES string of the molecule is CC1CC(O)(CCc2ccc3c(c2)CCO3)CCN1C. The molecule has 1 N–H and O–H groups in total. The van der Waals surface area contributed by atoms with E-state index < -0.39 is 5.60 Å². The summed E-state index contributed by atoms with van der Waals surface area (Å²) in [4.78, 5) is 2.33. The van der Waals surface area contributed by atoms with Gasteiger partial charge in [0.1, 0.15) is 5.75 Å². The van der Waals surface area contributed by atoms with Crippen molar-refractivity contribution in [3.8, 4) is 5.75 Å². The summed E-state index contributed by atoms with van der Waals surface area (Å²) >= 11 is 0. The zero-order chi connectivity index (χ0) is 14.2. The van der Waals surface area contributed by atoms with Crippen LogP contribution in [0.3, 0.4) is 0 Å². The summed E-state index contributed by atoms with van der Waals surface area (Å²) in [5.41, 5.74) is 2.17. The van der Waals surface area contributed by atoms with Crippen molar-refractivity contribution in [1.29, 1.82) is 0 Å². The van der Waals surface area contributed by atoms with E-state index in [-0.39, 0.29) is 0 Å². The highest BCUT2D eigenvalue weighted by Gasteiger charge is 2.34. The Balaban J connectivity index is 1.61. The van der Waals surface area contributed by atoms with Crippen LogP contribution in [0.2, 0.25) is 0 Å². The summed E-state index contributed by atoms with van der Waals surface area (Å²) in [6, 6.07) is 6.96. The van der Waals surface area contributed by atoms with Gasteiger partial charge in [-0.1, -0.05) is 12.1 Å². The minimum Gasteiger partial charge on any atom is -0.493 e. The van der Waals surface area contributed by atoms with Crippen LogP contribution in [0.25, 0.3) is 0 Å². The first-order valence-corrected chi connectivity index (χ1v) is 7.73. The molecule has 110 valence electrons. The number of nitrogens with zero attached hydrogens (tertiary/aromatic N) is 1. The average Bonchev–Trinajstić information content (AvgIpc) is 2.89. The number of hydrogen-bond acceptors (Lipinski definition) is 3. The highest BCUT2D eigenvalue weighted by atomic mass is 16.5. The maximum absolute atomic E-state index is 10.8. The van der Waals surface area contributed by atoms with Gasteiger partial charge in [0.2, 0.25) is 0 Å². The second-order valence-electron chi connectivity index (χ2n) is 6.55. The summed E-state index contributed by atoms with van der Waals surface area (Å²) in [5, 5.41) is 10.8. The van der Waals surface area contributed by atoms with Crippen LogP contribution >= 0.6 is 0 Å². The first kappa shape index (κ1) is 13.9. The molecular weight excluding hydrogens is 250 g/mol. The third kappa shape index (κ3) is 2.84. The fourth-order valence-corrected chi connectivity index (χ4v) is 3.41. The Kier molecular flexibility index (Phi) is 3.74. The van der Waals surface area contributed by atoms with Gasteiger partial charge in [-0.2, -0.15) is 0 Å². The van der Waals surface area contributed by atoms with Gasteiger partial charge in [0.15, 0.2) is 0 Å². The summed E-state index contributed by atoms with van der Waals surface area (Å²) in [7, 11) is 2.14. The molecule has 2 aliphatic heterocycles. The number of aryl methyl sites for hydroxylation is 1. The second-order valence-corrected chi connectivity index (χ2v) is 6.55. The third-order valence-corrected chi connectivity index (χ3v) is 4.99. The molecule has 1 saturated heterocycles. The van der Waals surface area contributed by atoms with Crippen LogP contribution in [0.1, 0.15) is 37.3 Å². The van der Waals surface area contributed by atoms with Gasteiger partial charge in [0.25, 0.3) is 0 Å². The summed E-state index contributed by atoms with van der Waals surface area (Å²) < 4.78 is 5.54. The number of hydrogen-bond donors (Lipinski definition) is 1. The van der Waals surface area contributed by atoms with E-state index in [1.807, 2.05) is 0 Å². The van der Waals surface area contributed by atoms with E-state index in [0.717, 1.165) is 51.0 Å². The van der Waals surface area contributed by atoms with Gasteiger partial charge in [-0.05, 0) is 56.8 Å². The number of fused-ring (bicyclic) bond motifs is 1. The molecule has 20 heavy (non-hydrogen) atoms. The number of aliphatic hydroxyl groups is 1. The maximum atomic E-state index is 10.8. The molecular formula is C17H25NO2. The lowest BCUT2D eigenvalue weighted by Gasteiger charge is -2.41. The standard InChI is InChI=1S/C17H25NO2/c1-13-12-17(19,8-9-18(13)2)7-5-14-3-4-16-15(11-14)6-10-20-16/h3-4,11,13,19H,5-10,12H2,1-2H3. The highest BCUT2D eigenvalue weighted by Crippen LogP contribution is 2.31. The van der Waals surface area contributed by atoms with Gasteiger partial charge in [-0.3, -0.25) is 0 Å². The Hall–Kier alpha value is -1.06. The van der Waals surface area contributed by atoms with Crippen molar-refractivity contribution in [2.75, 3.05) is 20.2 Å².